The van der Waals surface area contributed by atoms with Crippen molar-refractivity contribution in [1.29, 1.82) is 0 Å². The minimum atomic E-state index is -1.91. The van der Waals surface area contributed by atoms with Gasteiger partial charge in [-0.3, -0.25) is 0 Å². The fourth-order valence-electron chi connectivity index (χ4n) is 2.71. The van der Waals surface area contributed by atoms with Crippen molar-refractivity contribution >= 4 is 19.2 Å². The monoisotopic (exact) mass is 347 g/mol. The molecular weight excluding hydrogens is 321 g/mol. The Labute approximate surface area is 144 Å². The molecule has 0 spiro atoms. The number of rotatable bonds is 3. The van der Waals surface area contributed by atoms with Crippen molar-refractivity contribution < 1.29 is 13.6 Å². The molecule has 0 atom stereocenters. The number of benzene rings is 1. The van der Waals surface area contributed by atoms with Crippen LogP contribution in [0.5, 0.6) is 5.75 Å². The fraction of sp³-hybridized carbons (Fsp3) is 0.526. The van der Waals surface area contributed by atoms with Gasteiger partial charge in [0.2, 0.25) is 0 Å². The molecule has 1 aliphatic rings. The van der Waals surface area contributed by atoms with Gasteiger partial charge in [0, 0.05) is 16.5 Å². The molecular formula is C19H26FNO2Si. The van der Waals surface area contributed by atoms with E-state index < -0.39 is 8.32 Å². The SMILES string of the molecule is CC(C)(C)[Si](C)(C)OCc1ccc2c3c(cnc2c1F)OCCC3. The largest absolute Gasteiger partial charge is 0.492 e. The number of hydrogen-bond donors (Lipinski definition) is 0. The zero-order valence-electron chi connectivity index (χ0n) is 15.2. The lowest BCUT2D eigenvalue weighted by Gasteiger charge is -2.36. The van der Waals surface area contributed by atoms with E-state index in [-0.39, 0.29) is 10.9 Å². The summed E-state index contributed by atoms with van der Waals surface area (Å²) in [6.07, 6.45) is 3.52. The van der Waals surface area contributed by atoms with Crippen LogP contribution in [0, 0.1) is 5.82 Å². The second kappa shape index (κ2) is 6.12. The van der Waals surface area contributed by atoms with Crippen molar-refractivity contribution in [3.05, 3.63) is 35.3 Å². The van der Waals surface area contributed by atoms with E-state index in [1.165, 1.54) is 0 Å². The molecule has 24 heavy (non-hydrogen) atoms. The molecule has 0 N–H and O–H groups in total. The maximum Gasteiger partial charge on any atom is 0.192 e. The van der Waals surface area contributed by atoms with E-state index in [2.05, 4.69) is 38.8 Å². The Hall–Kier alpha value is -1.46. The Morgan fingerprint density at radius 3 is 2.75 bits per heavy atom. The van der Waals surface area contributed by atoms with Crippen LogP contribution in [-0.2, 0) is 17.5 Å². The number of fused-ring (bicyclic) bond motifs is 3. The van der Waals surface area contributed by atoms with E-state index in [4.69, 9.17) is 9.16 Å². The third-order valence-corrected chi connectivity index (χ3v) is 9.83. The van der Waals surface area contributed by atoms with Gasteiger partial charge in [0.1, 0.15) is 11.3 Å². The summed E-state index contributed by atoms with van der Waals surface area (Å²) in [7, 11) is -1.91. The first-order valence-corrected chi connectivity index (χ1v) is 11.5. The van der Waals surface area contributed by atoms with Gasteiger partial charge >= 0.3 is 0 Å². The predicted octanol–water partition coefficient (Wildman–Crippen LogP) is 5.22. The average Bonchev–Trinajstić information content (AvgIpc) is 2.53. The standard InChI is InChI=1S/C19H26FNO2Si/c1-19(2,3)24(4,5)23-12-13-8-9-15-14-7-6-10-22-16(14)11-21-18(15)17(13)20/h8-9,11H,6-7,10,12H2,1-5H3. The van der Waals surface area contributed by atoms with E-state index in [0.29, 0.717) is 24.3 Å². The zero-order chi connectivity index (χ0) is 17.5. The molecule has 1 aromatic carbocycles. The molecule has 1 aliphatic heterocycles. The number of pyridine rings is 1. The van der Waals surface area contributed by atoms with E-state index in [0.717, 1.165) is 29.5 Å². The highest BCUT2D eigenvalue weighted by Gasteiger charge is 2.37. The van der Waals surface area contributed by atoms with Gasteiger partial charge in [-0.1, -0.05) is 32.9 Å². The first-order chi connectivity index (χ1) is 11.2. The minimum Gasteiger partial charge on any atom is -0.492 e. The van der Waals surface area contributed by atoms with Crippen LogP contribution < -0.4 is 4.74 Å². The quantitative estimate of drug-likeness (QED) is 0.713. The number of halogens is 1. The first-order valence-electron chi connectivity index (χ1n) is 8.56. The number of ether oxygens (including phenoxy) is 1. The average molecular weight is 348 g/mol. The van der Waals surface area contributed by atoms with Crippen LogP contribution in [-0.4, -0.2) is 19.9 Å². The molecule has 0 amide bonds. The number of nitrogens with zero attached hydrogens (tertiary/aromatic N) is 1. The summed E-state index contributed by atoms with van der Waals surface area (Å²) in [5, 5.41) is 0.968. The van der Waals surface area contributed by atoms with Crippen LogP contribution in [0.1, 0.15) is 38.3 Å². The summed E-state index contributed by atoms with van der Waals surface area (Å²) < 4.78 is 26.7. The summed E-state index contributed by atoms with van der Waals surface area (Å²) >= 11 is 0. The molecule has 130 valence electrons. The van der Waals surface area contributed by atoms with Crippen molar-refractivity contribution in [1.82, 2.24) is 4.98 Å². The summed E-state index contributed by atoms with van der Waals surface area (Å²) in [6, 6.07) is 3.80. The lowest BCUT2D eigenvalue weighted by atomic mass is 10.0. The molecule has 0 saturated carbocycles. The van der Waals surface area contributed by atoms with Crippen LogP contribution in [0.25, 0.3) is 10.9 Å². The molecule has 2 aromatic rings. The van der Waals surface area contributed by atoms with Gasteiger partial charge in [-0.25, -0.2) is 9.37 Å². The molecule has 3 nitrogen and oxygen atoms in total. The van der Waals surface area contributed by atoms with Gasteiger partial charge in [0.15, 0.2) is 14.1 Å². The molecule has 5 heteroatoms. The number of hydrogen-bond acceptors (Lipinski definition) is 3. The molecule has 0 bridgehead atoms. The molecule has 2 heterocycles. The fourth-order valence-corrected chi connectivity index (χ4v) is 3.66. The molecule has 0 fully saturated rings. The Morgan fingerprint density at radius 2 is 2.04 bits per heavy atom. The Balaban J connectivity index is 1.92. The molecule has 0 saturated heterocycles. The molecule has 0 aliphatic carbocycles. The van der Waals surface area contributed by atoms with E-state index in [1.807, 2.05) is 12.1 Å². The Morgan fingerprint density at radius 1 is 1.29 bits per heavy atom. The molecule has 0 radical (unpaired) electrons. The van der Waals surface area contributed by atoms with Gasteiger partial charge < -0.3 is 9.16 Å². The van der Waals surface area contributed by atoms with E-state index in [9.17, 15) is 4.39 Å². The van der Waals surface area contributed by atoms with Crippen molar-refractivity contribution in [2.45, 2.75) is 58.4 Å². The summed E-state index contributed by atoms with van der Waals surface area (Å²) in [4.78, 5) is 4.30. The van der Waals surface area contributed by atoms with Crippen LogP contribution in [0.15, 0.2) is 18.3 Å². The number of aromatic nitrogens is 1. The maximum absolute atomic E-state index is 14.9. The van der Waals surface area contributed by atoms with Gasteiger partial charge in [-0.05, 0) is 31.0 Å². The lowest BCUT2D eigenvalue weighted by molar-refractivity contribution is 0.271. The van der Waals surface area contributed by atoms with Gasteiger partial charge in [-0.15, -0.1) is 0 Å². The van der Waals surface area contributed by atoms with E-state index >= 15 is 0 Å². The van der Waals surface area contributed by atoms with Crippen molar-refractivity contribution in [3.8, 4) is 5.75 Å². The second-order valence-electron chi connectivity index (χ2n) is 8.04. The van der Waals surface area contributed by atoms with Crippen molar-refractivity contribution in [2.75, 3.05) is 6.61 Å². The smallest absolute Gasteiger partial charge is 0.192 e. The van der Waals surface area contributed by atoms with Gasteiger partial charge in [0.25, 0.3) is 0 Å². The highest BCUT2D eigenvalue weighted by molar-refractivity contribution is 6.74. The highest BCUT2D eigenvalue weighted by Crippen LogP contribution is 2.38. The zero-order valence-corrected chi connectivity index (χ0v) is 16.2. The Bertz CT molecular complexity index is 768. The molecule has 1 aromatic heterocycles. The summed E-state index contributed by atoms with van der Waals surface area (Å²) in [5.41, 5.74) is 2.08. The third kappa shape index (κ3) is 3.07. The lowest BCUT2D eigenvalue weighted by Crippen LogP contribution is -2.40. The maximum atomic E-state index is 14.9. The van der Waals surface area contributed by atoms with Crippen molar-refractivity contribution in [2.24, 2.45) is 0 Å². The van der Waals surface area contributed by atoms with Gasteiger partial charge in [-0.2, -0.15) is 0 Å². The first kappa shape index (κ1) is 17.4. The third-order valence-electron chi connectivity index (χ3n) is 5.35. The Kier molecular flexibility index (Phi) is 4.42. The van der Waals surface area contributed by atoms with E-state index in [1.54, 1.807) is 6.20 Å². The summed E-state index contributed by atoms with van der Waals surface area (Å²) in [6.45, 7) is 11.9. The van der Waals surface area contributed by atoms with Crippen LogP contribution in [0.2, 0.25) is 18.1 Å². The van der Waals surface area contributed by atoms with Crippen LogP contribution >= 0.6 is 0 Å². The minimum absolute atomic E-state index is 0.106. The highest BCUT2D eigenvalue weighted by atomic mass is 28.4. The van der Waals surface area contributed by atoms with Crippen LogP contribution in [0.3, 0.4) is 0 Å². The predicted molar refractivity (Wildman–Crippen MR) is 97.5 cm³/mol. The summed E-state index contributed by atoms with van der Waals surface area (Å²) in [5.74, 6) is 0.526. The topological polar surface area (TPSA) is 31.4 Å². The number of aryl methyl sites for hydroxylation is 1. The van der Waals surface area contributed by atoms with Gasteiger partial charge in [0.05, 0.1) is 19.4 Å². The second-order valence-corrected chi connectivity index (χ2v) is 12.8. The molecule has 0 unspecified atom stereocenters. The van der Waals surface area contributed by atoms with Crippen LogP contribution in [0.4, 0.5) is 4.39 Å². The van der Waals surface area contributed by atoms with Crippen molar-refractivity contribution in [3.63, 3.8) is 0 Å². The normalized spacial score (nSPS) is 15.2. The molecule has 3 rings (SSSR count).